The van der Waals surface area contributed by atoms with Gasteiger partial charge in [-0.3, -0.25) is 9.59 Å². The van der Waals surface area contributed by atoms with E-state index >= 15 is 0 Å². The molecule has 2 rings (SSSR count). The number of esters is 1. The van der Waals surface area contributed by atoms with E-state index in [4.69, 9.17) is 9.47 Å². The molecule has 7 nitrogen and oxygen atoms in total. The fraction of sp³-hybridized carbons (Fsp3) is 0.400. The van der Waals surface area contributed by atoms with Crippen molar-refractivity contribution in [1.29, 1.82) is 0 Å². The van der Waals surface area contributed by atoms with Gasteiger partial charge in [0.05, 0.1) is 13.7 Å². The lowest BCUT2D eigenvalue weighted by Gasteiger charge is -2.18. The number of nitrogens with one attached hydrogen (secondary N) is 2. The molecule has 1 atom stereocenters. The first-order valence-electron chi connectivity index (χ1n) is 10.8. The number of hydrogen-bond acceptors (Lipinski definition) is 5. The van der Waals surface area contributed by atoms with Gasteiger partial charge in [-0.05, 0) is 42.2 Å². The van der Waals surface area contributed by atoms with E-state index in [1.165, 1.54) is 12.7 Å². The Bertz CT molecular complexity index is 866. The molecule has 32 heavy (non-hydrogen) atoms. The fourth-order valence-corrected chi connectivity index (χ4v) is 3.11. The summed E-state index contributed by atoms with van der Waals surface area (Å²) < 4.78 is 10.5. The molecule has 2 amide bonds. The molecule has 0 aliphatic carbocycles. The maximum Gasteiger partial charge on any atom is 0.328 e. The van der Waals surface area contributed by atoms with Crippen molar-refractivity contribution in [2.24, 2.45) is 5.92 Å². The van der Waals surface area contributed by atoms with Gasteiger partial charge in [-0.2, -0.15) is 0 Å². The summed E-state index contributed by atoms with van der Waals surface area (Å²) in [5.74, 6) is -0.192. The van der Waals surface area contributed by atoms with Gasteiger partial charge in [-0.15, -0.1) is 0 Å². The molecule has 0 radical (unpaired) electrons. The monoisotopic (exact) mass is 440 g/mol. The second-order valence-corrected chi connectivity index (χ2v) is 7.93. The Kier molecular flexibility index (Phi) is 10.2. The zero-order valence-corrected chi connectivity index (χ0v) is 18.9. The summed E-state index contributed by atoms with van der Waals surface area (Å²) in [7, 11) is 1.29. The van der Waals surface area contributed by atoms with Gasteiger partial charge >= 0.3 is 5.97 Å². The van der Waals surface area contributed by atoms with Crippen LogP contribution in [0.3, 0.4) is 0 Å². The van der Waals surface area contributed by atoms with Crippen LogP contribution in [-0.4, -0.2) is 37.5 Å². The number of benzene rings is 2. The van der Waals surface area contributed by atoms with Crippen LogP contribution in [0, 0.1) is 5.92 Å². The largest absolute Gasteiger partial charge is 0.493 e. The Balaban J connectivity index is 1.72. The van der Waals surface area contributed by atoms with Crippen LogP contribution < -0.4 is 15.4 Å². The van der Waals surface area contributed by atoms with Crippen molar-refractivity contribution >= 4 is 23.5 Å². The molecule has 2 aromatic rings. The summed E-state index contributed by atoms with van der Waals surface area (Å²) in [4.78, 5) is 36.1. The molecule has 0 aliphatic heterocycles. The van der Waals surface area contributed by atoms with Crippen molar-refractivity contribution in [2.75, 3.05) is 19.0 Å². The first kappa shape index (κ1) is 24.9. The van der Waals surface area contributed by atoms with Gasteiger partial charge in [-0.25, -0.2) is 4.79 Å². The summed E-state index contributed by atoms with van der Waals surface area (Å²) in [6.07, 6.45) is 1.29. The number of amides is 2. The van der Waals surface area contributed by atoms with Crippen LogP contribution in [0.5, 0.6) is 5.75 Å². The molecule has 0 aliphatic rings. The molecule has 2 N–H and O–H groups in total. The van der Waals surface area contributed by atoms with Gasteiger partial charge in [0.15, 0.2) is 0 Å². The molecular formula is C25H32N2O5. The predicted octanol–water partition coefficient (Wildman–Crippen LogP) is 3.73. The molecule has 172 valence electrons. The Hall–Kier alpha value is -3.35. The fourth-order valence-electron chi connectivity index (χ4n) is 3.11. The van der Waals surface area contributed by atoms with Crippen LogP contribution in [0.2, 0.25) is 0 Å². The number of anilines is 1. The minimum absolute atomic E-state index is 0.0106. The normalized spacial score (nSPS) is 11.5. The number of methoxy groups -OCH3 is 1. The first-order valence-corrected chi connectivity index (χ1v) is 10.8. The van der Waals surface area contributed by atoms with Crippen LogP contribution in [-0.2, 0) is 25.5 Å². The minimum Gasteiger partial charge on any atom is -0.493 e. The van der Waals surface area contributed by atoms with E-state index in [0.717, 1.165) is 12.2 Å². The van der Waals surface area contributed by atoms with E-state index in [9.17, 15) is 14.4 Å². The second-order valence-electron chi connectivity index (χ2n) is 7.93. The zero-order chi connectivity index (χ0) is 23.3. The van der Waals surface area contributed by atoms with Crippen LogP contribution in [0.1, 0.15) is 38.7 Å². The molecule has 0 saturated carbocycles. The lowest BCUT2D eigenvalue weighted by Crippen LogP contribution is -2.42. The van der Waals surface area contributed by atoms with Crippen molar-refractivity contribution < 1.29 is 23.9 Å². The molecule has 0 fully saturated rings. The molecule has 0 bridgehead atoms. The van der Waals surface area contributed by atoms with E-state index < -0.39 is 12.0 Å². The highest BCUT2D eigenvalue weighted by molar-refractivity contribution is 5.93. The molecule has 2 aromatic carbocycles. The third-order valence-electron chi connectivity index (χ3n) is 4.75. The summed E-state index contributed by atoms with van der Waals surface area (Å²) >= 11 is 0. The average Bonchev–Trinajstić information content (AvgIpc) is 2.78. The topological polar surface area (TPSA) is 93.7 Å². The zero-order valence-electron chi connectivity index (χ0n) is 18.9. The number of hydrogen-bond donors (Lipinski definition) is 2. The Morgan fingerprint density at radius 3 is 2.19 bits per heavy atom. The molecule has 0 aromatic heterocycles. The van der Waals surface area contributed by atoms with Gasteiger partial charge in [-0.1, -0.05) is 44.2 Å². The van der Waals surface area contributed by atoms with Gasteiger partial charge in [0.1, 0.15) is 11.8 Å². The Labute approximate surface area is 189 Å². The lowest BCUT2D eigenvalue weighted by atomic mass is 10.0. The molecule has 1 unspecified atom stereocenters. The van der Waals surface area contributed by atoms with E-state index in [0.29, 0.717) is 18.7 Å². The molecule has 0 saturated heterocycles. The van der Waals surface area contributed by atoms with E-state index in [1.54, 1.807) is 24.3 Å². The maximum absolute atomic E-state index is 12.2. The van der Waals surface area contributed by atoms with E-state index in [1.807, 2.05) is 32.0 Å². The standard InChI is InChI=1S/C25H32N2O5/c1-18(2)17-22(25(30)31-3)27-24(29)14-13-23(28)26-20-9-11-21(12-10-20)32-16-15-19-7-5-4-6-8-19/h4-12,18,22H,13-17H2,1-3H3,(H,26,28)(H,27,29). The summed E-state index contributed by atoms with van der Waals surface area (Å²) in [5, 5.41) is 5.41. The number of rotatable bonds is 12. The van der Waals surface area contributed by atoms with E-state index in [-0.39, 0.29) is 30.6 Å². The van der Waals surface area contributed by atoms with Gasteiger partial charge < -0.3 is 20.1 Å². The SMILES string of the molecule is COC(=O)C(CC(C)C)NC(=O)CCC(=O)Nc1ccc(OCCc2ccccc2)cc1. The maximum atomic E-state index is 12.2. The van der Waals surface area contributed by atoms with Crippen molar-refractivity contribution in [3.63, 3.8) is 0 Å². The van der Waals surface area contributed by atoms with Gasteiger partial charge in [0.25, 0.3) is 0 Å². The first-order chi connectivity index (χ1) is 15.4. The quantitative estimate of drug-likeness (QED) is 0.491. The highest BCUT2D eigenvalue weighted by Crippen LogP contribution is 2.16. The number of carbonyl (C=O) groups excluding carboxylic acids is 3. The van der Waals surface area contributed by atoms with Crippen LogP contribution in [0.15, 0.2) is 54.6 Å². The summed E-state index contributed by atoms with van der Waals surface area (Å²) in [5.41, 5.74) is 1.83. The van der Waals surface area contributed by atoms with Crippen LogP contribution >= 0.6 is 0 Å². The Morgan fingerprint density at radius 2 is 1.56 bits per heavy atom. The average molecular weight is 441 g/mol. The molecular weight excluding hydrogens is 408 g/mol. The van der Waals surface area contributed by atoms with E-state index in [2.05, 4.69) is 22.8 Å². The third-order valence-corrected chi connectivity index (χ3v) is 4.75. The highest BCUT2D eigenvalue weighted by atomic mass is 16.5. The number of ether oxygens (including phenoxy) is 2. The second kappa shape index (κ2) is 13.1. The van der Waals surface area contributed by atoms with Crippen molar-refractivity contribution in [3.8, 4) is 5.75 Å². The van der Waals surface area contributed by atoms with Gasteiger partial charge in [0.2, 0.25) is 11.8 Å². The summed E-state index contributed by atoms with van der Waals surface area (Å²) in [6.45, 7) is 4.47. The number of carbonyl (C=O) groups is 3. The summed E-state index contributed by atoms with van der Waals surface area (Å²) in [6, 6.07) is 16.5. The molecule has 0 heterocycles. The predicted molar refractivity (Wildman–Crippen MR) is 123 cm³/mol. The molecule has 7 heteroatoms. The van der Waals surface area contributed by atoms with Crippen LogP contribution in [0.25, 0.3) is 0 Å². The lowest BCUT2D eigenvalue weighted by molar-refractivity contribution is -0.145. The molecule has 0 spiro atoms. The highest BCUT2D eigenvalue weighted by Gasteiger charge is 2.22. The smallest absolute Gasteiger partial charge is 0.328 e. The van der Waals surface area contributed by atoms with Crippen molar-refractivity contribution in [3.05, 3.63) is 60.2 Å². The van der Waals surface area contributed by atoms with Gasteiger partial charge in [0, 0.05) is 24.9 Å². The van der Waals surface area contributed by atoms with Crippen molar-refractivity contribution in [2.45, 2.75) is 45.6 Å². The Morgan fingerprint density at radius 1 is 0.906 bits per heavy atom. The third kappa shape index (κ3) is 9.20. The minimum atomic E-state index is -0.704. The van der Waals surface area contributed by atoms with Crippen molar-refractivity contribution in [1.82, 2.24) is 5.32 Å². The van der Waals surface area contributed by atoms with Crippen LogP contribution in [0.4, 0.5) is 5.69 Å².